The number of anilines is 3. The van der Waals surface area contributed by atoms with E-state index in [2.05, 4.69) is 202 Å². The van der Waals surface area contributed by atoms with E-state index in [0.29, 0.717) is 57.8 Å². The number of carbonyl (C=O) groups excluding carboxylic acids is 3. The summed E-state index contributed by atoms with van der Waals surface area (Å²) >= 11 is 0. The summed E-state index contributed by atoms with van der Waals surface area (Å²) in [7, 11) is -2.25. The second-order valence-electron chi connectivity index (χ2n) is 36.2. The Labute approximate surface area is 677 Å². The lowest BCUT2D eigenvalue weighted by molar-refractivity contribution is -0.125. The highest BCUT2D eigenvalue weighted by Gasteiger charge is 2.55. The van der Waals surface area contributed by atoms with E-state index in [4.69, 9.17) is 19.7 Å². The first-order valence-electron chi connectivity index (χ1n) is 42.7. The fourth-order valence-electron chi connectivity index (χ4n) is 20.3. The minimum Gasteiger partial charge on any atom is -0.396 e. The zero-order chi connectivity index (χ0) is 79.7. The fourth-order valence-corrected chi connectivity index (χ4v) is 21.8. The van der Waals surface area contributed by atoms with E-state index in [1.807, 2.05) is 32.3 Å². The van der Waals surface area contributed by atoms with Gasteiger partial charge in [0.15, 0.2) is 0 Å². The van der Waals surface area contributed by atoms with Crippen LogP contribution >= 0.6 is 0 Å². The summed E-state index contributed by atoms with van der Waals surface area (Å²) in [6.07, 6.45) is 19.6. The zero-order valence-electron chi connectivity index (χ0n) is 69.0. The number of H-pyrrole nitrogens is 4. The second kappa shape index (κ2) is 31.8. The van der Waals surface area contributed by atoms with E-state index < -0.39 is 32.4 Å². The van der Waals surface area contributed by atoms with Crippen molar-refractivity contribution >= 4 is 83.6 Å². The van der Waals surface area contributed by atoms with Crippen molar-refractivity contribution in [1.29, 1.82) is 0 Å². The minimum atomic E-state index is -1.13. The number of nitrogens with zero attached hydrogens (tertiary/aromatic N) is 10. The van der Waals surface area contributed by atoms with Crippen LogP contribution in [-0.4, -0.2) is 171 Å². The summed E-state index contributed by atoms with van der Waals surface area (Å²) < 4.78 is 15.9. The van der Waals surface area contributed by atoms with E-state index in [-0.39, 0.29) is 19.1 Å². The van der Waals surface area contributed by atoms with Crippen molar-refractivity contribution < 1.29 is 34.1 Å². The molecule has 19 rings (SSSR count). The molecule has 3 aliphatic carbocycles. The molecule has 0 bridgehead atoms. The van der Waals surface area contributed by atoms with Gasteiger partial charge in [0.2, 0.25) is 17.7 Å². The molecule has 11 heterocycles. The Morgan fingerprint density at radius 3 is 1.28 bits per heavy atom. The third kappa shape index (κ3) is 14.5. The molecule has 6 aromatic heterocycles. The minimum absolute atomic E-state index is 0.0259. The first-order chi connectivity index (χ1) is 55.6. The van der Waals surface area contributed by atoms with Crippen molar-refractivity contribution in [2.75, 3.05) is 86.9 Å². The standard InChI is InChI=1S/C35H45N5O2Si.C29H31N5O.C28H40N4O4Si/c1-5-40-31-20-28-27-13-9-12-26-23-39(24-42-18-19-43(2,3)4)37-32(26)33(27)36-30(28)21-29(31)35(34(40)41)14-16-38(17-15-35)22-25-10-7-6-8-11-25;1-2-34-25-15-22-21-10-6-9-20-17-30-32-26(20)27(21)31-24(22)16-23(25)29(28(34)35)11-13-33(14-12-29)18-19-7-4-3-5-8-19;1-5-32-24-15-21-20-8-6-7-19-17-31(18-36-13-14-37(2,3)4)30-25(19)26(20)29-23(21)16-22(24)28(9-11-33,10-12-34)27(32)35/h6-8,10-11,20-21,23,36H,5,9,12-19,22,24H2,1-4H3;3-5,7-8,15-17,31H,2,6,9-14,18H2,1H3,(H,30,32);15-17,29,33-34H,5-14,18H2,1-4H3. The van der Waals surface area contributed by atoms with E-state index in [0.717, 1.165) is 221 Å². The molecule has 21 nitrogen and oxygen atoms in total. The Kier molecular flexibility index (Phi) is 21.7. The number of aromatic nitrogens is 9. The number of benzene rings is 5. The Morgan fingerprint density at radius 2 is 0.861 bits per heavy atom. The van der Waals surface area contributed by atoms with Gasteiger partial charge in [0.25, 0.3) is 0 Å². The van der Waals surface area contributed by atoms with Crippen LogP contribution in [0.3, 0.4) is 0 Å². The molecule has 2 fully saturated rings. The van der Waals surface area contributed by atoms with Crippen LogP contribution in [0.5, 0.6) is 0 Å². The van der Waals surface area contributed by atoms with Crippen molar-refractivity contribution in [2.45, 2.75) is 211 Å². The van der Waals surface area contributed by atoms with E-state index in [1.165, 1.54) is 72.1 Å². The highest BCUT2D eigenvalue weighted by molar-refractivity contribution is 6.76. The van der Waals surface area contributed by atoms with Crippen LogP contribution < -0.4 is 14.7 Å². The molecule has 11 aromatic rings. The predicted molar refractivity (Wildman–Crippen MR) is 464 cm³/mol. The van der Waals surface area contributed by atoms with Crippen molar-refractivity contribution in [3.63, 3.8) is 0 Å². The van der Waals surface area contributed by atoms with Gasteiger partial charge in [-0.1, -0.05) is 99.9 Å². The number of aliphatic hydroxyl groups is 2. The van der Waals surface area contributed by atoms with Crippen LogP contribution in [0.4, 0.5) is 17.1 Å². The van der Waals surface area contributed by atoms with E-state index in [9.17, 15) is 24.6 Å². The molecule has 2 saturated heterocycles. The maximum absolute atomic E-state index is 14.1. The number of aryl methyl sites for hydroxylation is 6. The number of likely N-dealkylation sites (N-methyl/N-ethyl adjacent to an activating group) is 3. The third-order valence-electron chi connectivity index (χ3n) is 26.6. The maximum Gasteiger partial charge on any atom is 0.237 e. The fraction of sp³-hybridized carbons (Fsp3) is 0.478. The summed E-state index contributed by atoms with van der Waals surface area (Å²) in [6.45, 7) is 30.3. The topological polar surface area (TPSA) is 238 Å². The number of likely N-dealkylation sites (tertiary alicyclic amines) is 2. The molecule has 3 amide bonds. The summed E-state index contributed by atoms with van der Waals surface area (Å²) in [6, 6.07) is 37.1. The highest BCUT2D eigenvalue weighted by Crippen LogP contribution is 2.54. The number of rotatable bonds is 21. The molecule has 0 atom stereocenters. The summed E-state index contributed by atoms with van der Waals surface area (Å²) in [5.41, 5.74) is 24.9. The van der Waals surface area contributed by atoms with Gasteiger partial charge in [0, 0.05) is 137 Å². The van der Waals surface area contributed by atoms with Crippen molar-refractivity contribution in [3.8, 4) is 34.2 Å². The lowest BCUT2D eigenvalue weighted by Crippen LogP contribution is -2.48. The van der Waals surface area contributed by atoms with Crippen molar-refractivity contribution in [1.82, 2.24) is 54.5 Å². The molecule has 8 aliphatic rings. The lowest BCUT2D eigenvalue weighted by Gasteiger charge is -2.38. The van der Waals surface area contributed by atoms with E-state index in [1.54, 1.807) is 0 Å². The Bertz CT molecular complexity index is 5420. The highest BCUT2D eigenvalue weighted by atomic mass is 28.3. The van der Waals surface area contributed by atoms with Crippen LogP contribution in [0.15, 0.2) is 116 Å². The number of amides is 3. The molecule has 0 unspecified atom stereocenters. The zero-order valence-corrected chi connectivity index (χ0v) is 71.0. The van der Waals surface area contributed by atoms with Gasteiger partial charge in [-0.15, -0.1) is 0 Å². The van der Waals surface area contributed by atoms with Crippen LogP contribution in [-0.2, 0) is 105 Å². The Balaban J connectivity index is 0.000000125. The third-order valence-corrected chi connectivity index (χ3v) is 30.0. The number of nitrogens with one attached hydrogen (secondary N) is 4. The van der Waals surface area contributed by atoms with Crippen LogP contribution in [0.2, 0.25) is 51.4 Å². The number of fused-ring (bicyclic) bond motifs is 20. The average molecular weight is 1590 g/mol. The average Bonchev–Trinajstić information content (AvgIpc) is 1.57. The molecular weight excluding hydrogens is 1470 g/mol. The molecule has 604 valence electrons. The number of piperidine rings is 2. The van der Waals surface area contributed by atoms with Crippen LogP contribution in [0.1, 0.15) is 140 Å². The molecule has 5 aliphatic heterocycles. The summed E-state index contributed by atoms with van der Waals surface area (Å²) in [5, 5.41) is 40.8. The number of carbonyl (C=O) groups is 3. The Morgan fingerprint density at radius 1 is 0.470 bits per heavy atom. The molecule has 6 N–H and O–H groups in total. The predicted octanol–water partition coefficient (Wildman–Crippen LogP) is 15.9. The quantitative estimate of drug-likeness (QED) is 0.0291. The molecule has 2 spiro atoms. The normalized spacial score (nSPS) is 18.0. The van der Waals surface area contributed by atoms with Crippen LogP contribution in [0, 0.1) is 0 Å². The first-order valence-corrected chi connectivity index (χ1v) is 50.2. The number of aliphatic hydroxyl groups excluding tert-OH is 2. The second-order valence-corrected chi connectivity index (χ2v) is 47.4. The largest absolute Gasteiger partial charge is 0.396 e. The number of aromatic amines is 4. The van der Waals surface area contributed by atoms with Gasteiger partial charge < -0.3 is 49.3 Å². The van der Waals surface area contributed by atoms with Gasteiger partial charge in [-0.05, 0) is 253 Å². The SMILES string of the molecule is CCN1C(=O)C(CCO)(CCO)c2cc3[nH]c4c(c3cc21)CCCc1cn(COCC[Si](C)(C)C)nc1-4.CCN1C(=O)C2(CCN(Cc3ccccc3)CC2)c2cc3[nH]c4c(c3cc21)CCCc1cn(COCC[Si](C)(C)C)nc1-4.CCN1C(=O)C2(CCN(Cc3ccccc3)CC2)c2cc3[nH]c4c(c3cc21)CCCc1cn[nH]c1-4. The van der Waals surface area contributed by atoms with Gasteiger partial charge in [0.05, 0.1) is 45.2 Å². The molecule has 115 heavy (non-hydrogen) atoms. The van der Waals surface area contributed by atoms with Crippen molar-refractivity contribution in [3.05, 3.63) is 177 Å². The first kappa shape index (κ1) is 78.5. The van der Waals surface area contributed by atoms with Gasteiger partial charge in [0.1, 0.15) is 24.8 Å². The van der Waals surface area contributed by atoms with Gasteiger partial charge in [-0.2, -0.15) is 15.3 Å². The molecule has 23 heteroatoms. The molecule has 0 saturated carbocycles. The number of ether oxygens (including phenoxy) is 2. The summed E-state index contributed by atoms with van der Waals surface area (Å²) in [5.74, 6) is 0.559. The smallest absolute Gasteiger partial charge is 0.237 e. The van der Waals surface area contributed by atoms with Gasteiger partial charge in [-0.25, -0.2) is 9.36 Å². The maximum atomic E-state index is 14.1. The number of hydrogen-bond acceptors (Lipinski definition) is 12. The number of hydrogen-bond donors (Lipinski definition) is 6. The van der Waals surface area contributed by atoms with Crippen LogP contribution in [0.25, 0.3) is 66.9 Å². The van der Waals surface area contributed by atoms with Crippen molar-refractivity contribution in [2.24, 2.45) is 0 Å². The summed E-state index contributed by atoms with van der Waals surface area (Å²) in [4.78, 5) is 63.6. The molecule has 0 radical (unpaired) electrons. The van der Waals surface area contributed by atoms with Gasteiger partial charge >= 0.3 is 0 Å². The molecule has 5 aromatic carbocycles. The van der Waals surface area contributed by atoms with Gasteiger partial charge in [-0.3, -0.25) is 29.3 Å². The lowest BCUT2D eigenvalue weighted by atomic mass is 9.73. The molecular formula is C92H116N14O7Si2. The van der Waals surface area contributed by atoms with E-state index >= 15 is 0 Å². The monoisotopic (exact) mass is 1580 g/mol. The Hall–Kier alpha value is -9.05.